The number of nitrogens with one attached hydrogen (secondary N) is 1. The lowest BCUT2D eigenvalue weighted by Crippen LogP contribution is -2.57. The maximum atomic E-state index is 13.4. The first-order valence-corrected chi connectivity index (χ1v) is 19.5. The van der Waals surface area contributed by atoms with Crippen molar-refractivity contribution in [1.82, 2.24) is 19.7 Å². The average Bonchev–Trinajstić information content (AvgIpc) is 3.45. The number of aryl methyl sites for hydroxylation is 1. The molecular formula is C42H57ClN4O2. The number of ether oxygens (including phenoxy) is 1. The minimum atomic E-state index is -0.0462. The van der Waals surface area contributed by atoms with Crippen molar-refractivity contribution in [3.05, 3.63) is 76.8 Å². The smallest absolute Gasteiger partial charge is 0.251 e. The number of carbonyl (C=O) groups excluding carboxylic acids is 1. The normalized spacial score (nSPS) is 17.2. The summed E-state index contributed by atoms with van der Waals surface area (Å²) in [4.78, 5) is 18.7. The molecule has 2 aliphatic rings. The van der Waals surface area contributed by atoms with Crippen molar-refractivity contribution in [1.29, 1.82) is 0 Å². The minimum Gasteiger partial charge on any atom is -0.489 e. The molecule has 1 saturated carbocycles. The molecule has 6 rings (SSSR count). The molecular weight excluding hydrogens is 628 g/mol. The quantitative estimate of drug-likeness (QED) is 0.135. The van der Waals surface area contributed by atoms with Gasteiger partial charge in [0.05, 0.1) is 5.02 Å². The van der Waals surface area contributed by atoms with Gasteiger partial charge in [-0.15, -0.1) is 0 Å². The Morgan fingerprint density at radius 2 is 1.61 bits per heavy atom. The van der Waals surface area contributed by atoms with Gasteiger partial charge in [-0.25, -0.2) is 0 Å². The third kappa shape index (κ3) is 8.30. The Morgan fingerprint density at radius 3 is 2.31 bits per heavy atom. The van der Waals surface area contributed by atoms with E-state index in [-0.39, 0.29) is 17.6 Å². The summed E-state index contributed by atoms with van der Waals surface area (Å²) in [6.45, 7) is 13.5. The first kappa shape index (κ1) is 35.8. The van der Waals surface area contributed by atoms with E-state index >= 15 is 0 Å². The molecule has 1 aliphatic heterocycles. The standard InChI is InChI=1S/C42H57ClN4O2/c1-4-7-24-46(25-8-5-2)42(22-12-9-13-23-42)31-44-41(48)33-17-19-40(37(43)29-33)49-34-20-26-45(27-21-34)30-32-16-18-39-36(28-32)35-14-10-11-15-38(35)47(39)6-3/h10-11,14-19,28-29,34H,4-9,12-13,20-27,30-31H2,1-3H3,(H,44,48). The molecule has 1 aliphatic carbocycles. The second kappa shape index (κ2) is 16.8. The van der Waals surface area contributed by atoms with Crippen LogP contribution in [0.25, 0.3) is 21.8 Å². The Labute approximate surface area is 299 Å². The highest BCUT2D eigenvalue weighted by atomic mass is 35.5. The summed E-state index contributed by atoms with van der Waals surface area (Å²) in [7, 11) is 0. The molecule has 1 amide bonds. The van der Waals surface area contributed by atoms with Crippen LogP contribution in [0.3, 0.4) is 0 Å². The van der Waals surface area contributed by atoms with Gasteiger partial charge >= 0.3 is 0 Å². The molecule has 3 aromatic carbocycles. The topological polar surface area (TPSA) is 49.7 Å². The van der Waals surface area contributed by atoms with Crippen molar-refractivity contribution < 1.29 is 9.53 Å². The van der Waals surface area contributed by atoms with Crippen LogP contribution in [-0.4, -0.2) is 64.6 Å². The zero-order valence-corrected chi connectivity index (χ0v) is 30.9. The fourth-order valence-corrected chi connectivity index (χ4v) is 8.57. The molecule has 2 heterocycles. The third-order valence-corrected chi connectivity index (χ3v) is 11.5. The first-order chi connectivity index (χ1) is 23.9. The molecule has 264 valence electrons. The van der Waals surface area contributed by atoms with E-state index in [2.05, 4.69) is 82.9 Å². The molecule has 49 heavy (non-hydrogen) atoms. The minimum absolute atomic E-state index is 0.0462. The Morgan fingerprint density at radius 1 is 0.898 bits per heavy atom. The van der Waals surface area contributed by atoms with Gasteiger partial charge in [0.2, 0.25) is 0 Å². The number of amides is 1. The number of halogens is 1. The number of benzene rings is 3. The number of rotatable bonds is 15. The van der Waals surface area contributed by atoms with Crippen LogP contribution in [0.2, 0.25) is 5.02 Å². The molecule has 1 saturated heterocycles. The van der Waals surface area contributed by atoms with E-state index in [0.29, 0.717) is 22.9 Å². The maximum absolute atomic E-state index is 13.4. The molecule has 6 nitrogen and oxygen atoms in total. The molecule has 0 bridgehead atoms. The number of carbonyl (C=O) groups is 1. The highest BCUT2D eigenvalue weighted by molar-refractivity contribution is 6.32. The van der Waals surface area contributed by atoms with Gasteiger partial charge in [0.1, 0.15) is 11.9 Å². The van der Waals surface area contributed by atoms with Gasteiger partial charge in [-0.05, 0) is 100 Å². The molecule has 1 N–H and O–H groups in total. The summed E-state index contributed by atoms with van der Waals surface area (Å²) < 4.78 is 8.83. The molecule has 4 aromatic rings. The van der Waals surface area contributed by atoms with E-state index in [4.69, 9.17) is 16.3 Å². The highest BCUT2D eigenvalue weighted by Crippen LogP contribution is 2.35. The molecule has 1 aromatic heterocycles. The van der Waals surface area contributed by atoms with E-state index in [1.165, 1.54) is 72.3 Å². The Balaban J connectivity index is 1.03. The van der Waals surface area contributed by atoms with Crippen LogP contribution in [-0.2, 0) is 13.1 Å². The first-order valence-electron chi connectivity index (χ1n) is 19.2. The van der Waals surface area contributed by atoms with Crippen molar-refractivity contribution in [2.45, 2.75) is 116 Å². The number of piperidine rings is 1. The predicted octanol–water partition coefficient (Wildman–Crippen LogP) is 9.85. The molecule has 0 unspecified atom stereocenters. The Kier molecular flexibility index (Phi) is 12.2. The van der Waals surface area contributed by atoms with Crippen molar-refractivity contribution in [3.63, 3.8) is 0 Å². The van der Waals surface area contributed by atoms with E-state index < -0.39 is 0 Å². The summed E-state index contributed by atoms with van der Waals surface area (Å²) >= 11 is 6.75. The van der Waals surface area contributed by atoms with Crippen molar-refractivity contribution >= 4 is 39.3 Å². The van der Waals surface area contributed by atoms with Crippen LogP contribution < -0.4 is 10.1 Å². The number of nitrogens with zero attached hydrogens (tertiary/aromatic N) is 3. The summed E-state index contributed by atoms with van der Waals surface area (Å²) in [5.41, 5.74) is 4.63. The number of aromatic nitrogens is 1. The monoisotopic (exact) mass is 684 g/mol. The molecule has 0 radical (unpaired) electrons. The Bertz CT molecular complexity index is 1680. The van der Waals surface area contributed by atoms with Crippen molar-refractivity contribution in [2.75, 3.05) is 32.7 Å². The van der Waals surface area contributed by atoms with Crippen LogP contribution in [0.5, 0.6) is 5.75 Å². The fourth-order valence-electron chi connectivity index (χ4n) is 8.35. The van der Waals surface area contributed by atoms with E-state index in [1.807, 2.05) is 12.1 Å². The van der Waals surface area contributed by atoms with Gasteiger partial charge in [0.25, 0.3) is 5.91 Å². The second-order valence-electron chi connectivity index (χ2n) is 14.5. The lowest BCUT2D eigenvalue weighted by Gasteiger charge is -2.47. The van der Waals surface area contributed by atoms with Crippen LogP contribution in [0.15, 0.2) is 60.7 Å². The zero-order chi connectivity index (χ0) is 34.2. The number of hydrogen-bond donors (Lipinski definition) is 1. The maximum Gasteiger partial charge on any atom is 0.251 e. The Hall–Kier alpha value is -3.06. The van der Waals surface area contributed by atoms with Gasteiger partial charge in [-0.2, -0.15) is 0 Å². The molecule has 2 fully saturated rings. The molecule has 0 atom stereocenters. The van der Waals surface area contributed by atoms with Gasteiger partial charge in [-0.1, -0.05) is 81.8 Å². The van der Waals surface area contributed by atoms with Crippen molar-refractivity contribution in [3.8, 4) is 5.75 Å². The molecule has 7 heteroatoms. The molecule has 0 spiro atoms. The van der Waals surface area contributed by atoms with Gasteiger partial charge in [-0.3, -0.25) is 14.6 Å². The van der Waals surface area contributed by atoms with E-state index in [0.717, 1.165) is 65.0 Å². The van der Waals surface area contributed by atoms with Gasteiger partial charge in [0.15, 0.2) is 0 Å². The largest absolute Gasteiger partial charge is 0.489 e. The van der Waals surface area contributed by atoms with E-state index in [9.17, 15) is 4.79 Å². The van der Waals surface area contributed by atoms with Gasteiger partial charge < -0.3 is 14.6 Å². The number of unbranched alkanes of at least 4 members (excludes halogenated alkanes) is 2. The number of fused-ring (bicyclic) bond motifs is 3. The number of hydrogen-bond acceptors (Lipinski definition) is 4. The SMILES string of the molecule is CCCCN(CCCC)C1(CNC(=O)c2ccc(OC3CCN(Cc4ccc5c(c4)c4ccccc4n5CC)CC3)c(Cl)c2)CCCCC1. The average molecular weight is 685 g/mol. The van der Waals surface area contributed by atoms with Crippen LogP contribution in [0.4, 0.5) is 0 Å². The van der Waals surface area contributed by atoms with Crippen molar-refractivity contribution in [2.24, 2.45) is 0 Å². The van der Waals surface area contributed by atoms with Crippen LogP contribution in [0.1, 0.15) is 107 Å². The number of para-hydroxylation sites is 1. The lowest BCUT2D eigenvalue weighted by molar-refractivity contribution is 0.0445. The highest BCUT2D eigenvalue weighted by Gasteiger charge is 2.37. The third-order valence-electron chi connectivity index (χ3n) is 11.2. The van der Waals surface area contributed by atoms with Gasteiger partial charge in [0, 0.05) is 65.6 Å². The summed E-state index contributed by atoms with van der Waals surface area (Å²) in [6.07, 6.45) is 12.9. The van der Waals surface area contributed by atoms with Crippen LogP contribution >= 0.6 is 11.6 Å². The van der Waals surface area contributed by atoms with E-state index in [1.54, 1.807) is 6.07 Å². The number of likely N-dealkylation sites (tertiary alicyclic amines) is 1. The fraction of sp³-hybridized carbons (Fsp3) is 0.548. The second-order valence-corrected chi connectivity index (χ2v) is 14.9. The summed E-state index contributed by atoms with van der Waals surface area (Å²) in [5, 5.41) is 6.51. The summed E-state index contributed by atoms with van der Waals surface area (Å²) in [6, 6.07) is 21.2. The zero-order valence-electron chi connectivity index (χ0n) is 30.1. The summed E-state index contributed by atoms with van der Waals surface area (Å²) in [5.74, 6) is 0.624. The van der Waals surface area contributed by atoms with Crippen LogP contribution in [0, 0.1) is 0 Å². The predicted molar refractivity (Wildman–Crippen MR) is 205 cm³/mol. The lowest BCUT2D eigenvalue weighted by atomic mass is 9.79.